The molecule has 1 saturated heterocycles. The van der Waals surface area contributed by atoms with Crippen LogP contribution in [-0.2, 0) is 14.9 Å². The molecule has 1 aromatic rings. The highest BCUT2D eigenvalue weighted by Gasteiger charge is 2.31. The van der Waals surface area contributed by atoms with E-state index in [2.05, 4.69) is 5.32 Å². The molecule has 0 radical (unpaired) electrons. The molecule has 7 heteroatoms. The van der Waals surface area contributed by atoms with Crippen molar-refractivity contribution in [2.75, 3.05) is 0 Å². The first kappa shape index (κ1) is 14.6. The lowest BCUT2D eigenvalue weighted by atomic mass is 10.0. The van der Waals surface area contributed by atoms with Gasteiger partial charge in [0.25, 0.3) is 10.1 Å². The monoisotopic (exact) mass is 272 g/mol. The number of aryl methyl sites for hydroxylation is 1. The SMILES string of the molecule is C[C@H]1NC(=O)[C@@H]1N.Cc1ccc(S(=O)(=O)O)cc1. The van der Waals surface area contributed by atoms with Crippen LogP contribution in [0.4, 0.5) is 0 Å². The molecule has 1 aliphatic heterocycles. The molecule has 100 valence electrons. The lowest BCUT2D eigenvalue weighted by molar-refractivity contribution is -0.129. The Balaban J connectivity index is 0.000000199. The van der Waals surface area contributed by atoms with E-state index in [1.165, 1.54) is 12.1 Å². The normalized spacial score (nSPS) is 22.3. The third-order valence-electron chi connectivity index (χ3n) is 2.53. The molecule has 2 rings (SSSR count). The predicted octanol–water partition coefficient (Wildman–Crippen LogP) is 0.0737. The van der Waals surface area contributed by atoms with E-state index in [9.17, 15) is 13.2 Å². The molecule has 6 nitrogen and oxygen atoms in total. The minimum absolute atomic E-state index is 0.0347. The van der Waals surface area contributed by atoms with Gasteiger partial charge in [0, 0.05) is 0 Å². The van der Waals surface area contributed by atoms with E-state index in [-0.39, 0.29) is 22.9 Å². The maximum Gasteiger partial charge on any atom is 0.294 e. The van der Waals surface area contributed by atoms with Crippen molar-refractivity contribution in [3.8, 4) is 0 Å². The lowest BCUT2D eigenvalue weighted by Crippen LogP contribution is -2.65. The predicted molar refractivity (Wildman–Crippen MR) is 66.6 cm³/mol. The Bertz CT molecular complexity index is 524. The third-order valence-corrected chi connectivity index (χ3v) is 3.40. The van der Waals surface area contributed by atoms with Crippen molar-refractivity contribution in [2.24, 2.45) is 5.73 Å². The maximum atomic E-state index is 10.5. The summed E-state index contributed by atoms with van der Waals surface area (Å²) in [6.45, 7) is 3.72. The first-order valence-corrected chi connectivity index (χ1v) is 6.76. The van der Waals surface area contributed by atoms with Crippen molar-refractivity contribution < 1.29 is 17.8 Å². The van der Waals surface area contributed by atoms with E-state index in [1.807, 2.05) is 13.8 Å². The molecule has 1 fully saturated rings. The Hall–Kier alpha value is -1.44. The number of hydrogen-bond donors (Lipinski definition) is 3. The number of rotatable bonds is 1. The van der Waals surface area contributed by atoms with Crippen LogP contribution in [0.25, 0.3) is 0 Å². The summed E-state index contributed by atoms with van der Waals surface area (Å²) in [7, 11) is -4.02. The van der Waals surface area contributed by atoms with Gasteiger partial charge in [-0.25, -0.2) is 0 Å². The largest absolute Gasteiger partial charge is 0.350 e. The molecule has 4 N–H and O–H groups in total. The van der Waals surface area contributed by atoms with Crippen molar-refractivity contribution >= 4 is 16.0 Å². The van der Waals surface area contributed by atoms with Gasteiger partial charge in [0.1, 0.15) is 6.04 Å². The van der Waals surface area contributed by atoms with Crippen molar-refractivity contribution in [1.82, 2.24) is 5.32 Å². The van der Waals surface area contributed by atoms with Gasteiger partial charge in [-0.1, -0.05) is 17.7 Å². The van der Waals surface area contributed by atoms with Crippen LogP contribution in [0.15, 0.2) is 29.2 Å². The summed E-state index contributed by atoms with van der Waals surface area (Å²) < 4.78 is 29.6. The van der Waals surface area contributed by atoms with Gasteiger partial charge in [-0.15, -0.1) is 0 Å². The lowest BCUT2D eigenvalue weighted by Gasteiger charge is -2.30. The van der Waals surface area contributed by atoms with E-state index in [0.29, 0.717) is 0 Å². The second-order valence-electron chi connectivity index (χ2n) is 4.11. The molecule has 0 spiro atoms. The summed E-state index contributed by atoms with van der Waals surface area (Å²) in [6, 6.07) is 5.93. The van der Waals surface area contributed by atoms with Crippen LogP contribution in [0.2, 0.25) is 0 Å². The molecule has 0 aromatic heterocycles. The van der Waals surface area contributed by atoms with E-state index in [4.69, 9.17) is 10.3 Å². The minimum atomic E-state index is -4.02. The Labute approximate surface area is 106 Å². The maximum absolute atomic E-state index is 10.5. The molecular weight excluding hydrogens is 256 g/mol. The number of amides is 1. The van der Waals surface area contributed by atoms with Gasteiger partial charge in [0.15, 0.2) is 0 Å². The first-order valence-electron chi connectivity index (χ1n) is 5.32. The van der Waals surface area contributed by atoms with Gasteiger partial charge >= 0.3 is 0 Å². The third kappa shape index (κ3) is 3.80. The van der Waals surface area contributed by atoms with Crippen LogP contribution in [0, 0.1) is 6.92 Å². The number of hydrogen-bond acceptors (Lipinski definition) is 4. The summed E-state index contributed by atoms with van der Waals surface area (Å²) in [5.74, 6) is -0.0347. The molecule has 1 aliphatic rings. The summed E-state index contributed by atoms with van der Waals surface area (Å²) >= 11 is 0. The quantitative estimate of drug-likeness (QED) is 0.495. The summed E-state index contributed by atoms with van der Waals surface area (Å²) in [4.78, 5) is 10.1. The van der Waals surface area contributed by atoms with Crippen LogP contribution in [0.5, 0.6) is 0 Å². The van der Waals surface area contributed by atoms with Crippen molar-refractivity contribution in [1.29, 1.82) is 0 Å². The van der Waals surface area contributed by atoms with Crippen LogP contribution in [0.1, 0.15) is 12.5 Å². The summed E-state index contributed by atoms with van der Waals surface area (Å²) in [5.41, 5.74) is 6.21. The number of carbonyl (C=O) groups is 1. The number of benzene rings is 1. The summed E-state index contributed by atoms with van der Waals surface area (Å²) in [6.07, 6.45) is 0. The van der Waals surface area contributed by atoms with Crippen LogP contribution in [-0.4, -0.2) is 31.0 Å². The van der Waals surface area contributed by atoms with Gasteiger partial charge in [-0.05, 0) is 26.0 Å². The number of β-lactam (4-membered cyclic amide) rings is 1. The standard InChI is InChI=1S/C7H8O3S.C4H8N2O/c1-6-2-4-7(5-3-6)11(8,9)10;1-2-3(5)4(7)6-2/h2-5H,1H3,(H,8,9,10);2-3H,5H2,1H3,(H,6,7)/t;2-,3-/m.1/s1. The molecule has 1 heterocycles. The summed E-state index contributed by atoms with van der Waals surface area (Å²) in [5, 5.41) is 2.59. The smallest absolute Gasteiger partial charge is 0.294 e. The molecule has 0 bridgehead atoms. The second kappa shape index (κ2) is 5.47. The molecule has 18 heavy (non-hydrogen) atoms. The second-order valence-corrected chi connectivity index (χ2v) is 5.53. The Morgan fingerprint density at radius 3 is 2.00 bits per heavy atom. The van der Waals surface area contributed by atoms with E-state index in [0.717, 1.165) is 5.56 Å². The van der Waals surface area contributed by atoms with Crippen molar-refractivity contribution in [3.05, 3.63) is 29.8 Å². The fourth-order valence-corrected chi connectivity index (χ4v) is 1.73. The zero-order chi connectivity index (χ0) is 13.9. The average Bonchev–Trinajstić information content (AvgIpc) is 2.29. The fourth-order valence-electron chi connectivity index (χ4n) is 1.25. The highest BCUT2D eigenvalue weighted by molar-refractivity contribution is 7.85. The van der Waals surface area contributed by atoms with E-state index in [1.54, 1.807) is 12.1 Å². The topological polar surface area (TPSA) is 109 Å². The van der Waals surface area contributed by atoms with Crippen molar-refractivity contribution in [3.63, 3.8) is 0 Å². The van der Waals surface area contributed by atoms with Gasteiger partial charge < -0.3 is 11.1 Å². The number of nitrogens with two attached hydrogens (primary N) is 1. The van der Waals surface area contributed by atoms with Gasteiger partial charge in [0.05, 0.1) is 10.9 Å². The average molecular weight is 272 g/mol. The molecule has 1 aromatic carbocycles. The molecule has 0 unspecified atom stereocenters. The zero-order valence-electron chi connectivity index (χ0n) is 10.1. The highest BCUT2D eigenvalue weighted by Crippen LogP contribution is 2.08. The zero-order valence-corrected chi connectivity index (χ0v) is 10.9. The van der Waals surface area contributed by atoms with Gasteiger partial charge in [0.2, 0.25) is 5.91 Å². The number of nitrogens with one attached hydrogen (secondary N) is 1. The van der Waals surface area contributed by atoms with E-state index >= 15 is 0 Å². The fraction of sp³-hybridized carbons (Fsp3) is 0.364. The van der Waals surface area contributed by atoms with E-state index < -0.39 is 10.1 Å². The highest BCUT2D eigenvalue weighted by atomic mass is 32.2. The first-order chi connectivity index (χ1) is 8.21. The van der Waals surface area contributed by atoms with Gasteiger partial charge in [-0.3, -0.25) is 9.35 Å². The minimum Gasteiger partial charge on any atom is -0.350 e. The molecule has 2 atom stereocenters. The molecule has 0 saturated carbocycles. The molecule has 1 amide bonds. The molecular formula is C11H16N2O4S. The van der Waals surface area contributed by atoms with Crippen LogP contribution in [0.3, 0.4) is 0 Å². The Morgan fingerprint density at radius 1 is 1.28 bits per heavy atom. The Morgan fingerprint density at radius 2 is 1.78 bits per heavy atom. The van der Waals surface area contributed by atoms with Crippen LogP contribution < -0.4 is 11.1 Å². The van der Waals surface area contributed by atoms with Gasteiger partial charge in [-0.2, -0.15) is 8.42 Å². The van der Waals surface area contributed by atoms with Crippen LogP contribution >= 0.6 is 0 Å². The molecule has 0 aliphatic carbocycles. The van der Waals surface area contributed by atoms with Crippen molar-refractivity contribution in [2.45, 2.75) is 30.8 Å². The Kier molecular flexibility index (Phi) is 4.44. The number of carbonyl (C=O) groups excluding carboxylic acids is 1.